The van der Waals surface area contributed by atoms with Gasteiger partial charge in [0.1, 0.15) is 5.82 Å². The summed E-state index contributed by atoms with van der Waals surface area (Å²) in [6.45, 7) is 0. The van der Waals surface area contributed by atoms with Crippen molar-refractivity contribution in [3.05, 3.63) is 38.7 Å². The van der Waals surface area contributed by atoms with Gasteiger partial charge in [0.05, 0.1) is 12.8 Å². The Labute approximate surface area is 120 Å². The molecule has 2 aromatic rings. The van der Waals surface area contributed by atoms with Crippen LogP contribution in [0, 0.1) is 9.39 Å². The number of esters is 1. The summed E-state index contributed by atoms with van der Waals surface area (Å²) >= 11 is 3.30. The van der Waals surface area contributed by atoms with E-state index >= 15 is 0 Å². The number of carbonyl (C=O) groups excluding carboxylic acids is 1. The van der Waals surface area contributed by atoms with E-state index in [-0.39, 0.29) is 11.5 Å². The van der Waals surface area contributed by atoms with Crippen molar-refractivity contribution in [1.82, 2.24) is 4.98 Å². The SMILES string of the molecule is COC(=O)c1csc(Nc2ccc(F)cc2I)n1. The fourth-order valence-corrected chi connectivity index (χ4v) is 2.54. The normalized spacial score (nSPS) is 10.2. The number of nitrogens with one attached hydrogen (secondary N) is 1. The highest BCUT2D eigenvalue weighted by Gasteiger charge is 2.11. The van der Waals surface area contributed by atoms with Crippen LogP contribution in [0.15, 0.2) is 23.6 Å². The van der Waals surface area contributed by atoms with Crippen molar-refractivity contribution >= 4 is 50.7 Å². The second-order valence-electron chi connectivity index (χ2n) is 3.28. The molecule has 18 heavy (non-hydrogen) atoms. The molecule has 2 rings (SSSR count). The molecule has 1 heterocycles. The van der Waals surface area contributed by atoms with Crippen molar-refractivity contribution in [3.8, 4) is 0 Å². The largest absolute Gasteiger partial charge is 0.464 e. The molecule has 0 bridgehead atoms. The summed E-state index contributed by atoms with van der Waals surface area (Å²) in [4.78, 5) is 15.3. The highest BCUT2D eigenvalue weighted by atomic mass is 127. The van der Waals surface area contributed by atoms with Crippen molar-refractivity contribution in [2.75, 3.05) is 12.4 Å². The first-order valence-corrected chi connectivity index (χ1v) is 6.82. The van der Waals surface area contributed by atoms with Crippen molar-refractivity contribution in [3.63, 3.8) is 0 Å². The highest BCUT2D eigenvalue weighted by Crippen LogP contribution is 2.25. The fraction of sp³-hybridized carbons (Fsp3) is 0.0909. The Hall–Kier alpha value is -1.22. The second-order valence-corrected chi connectivity index (χ2v) is 5.30. The molecule has 0 saturated carbocycles. The molecule has 94 valence electrons. The lowest BCUT2D eigenvalue weighted by atomic mass is 10.3. The van der Waals surface area contributed by atoms with Crippen LogP contribution in [0.3, 0.4) is 0 Å². The van der Waals surface area contributed by atoms with E-state index in [1.807, 2.05) is 22.6 Å². The molecule has 4 nitrogen and oxygen atoms in total. The first-order valence-electron chi connectivity index (χ1n) is 4.86. The number of hydrogen-bond donors (Lipinski definition) is 1. The molecule has 0 aliphatic rings. The number of hydrogen-bond acceptors (Lipinski definition) is 5. The summed E-state index contributed by atoms with van der Waals surface area (Å²) in [7, 11) is 1.30. The van der Waals surface area contributed by atoms with Gasteiger partial charge in [-0.15, -0.1) is 11.3 Å². The maximum atomic E-state index is 12.9. The van der Waals surface area contributed by atoms with Crippen molar-refractivity contribution in [2.24, 2.45) is 0 Å². The van der Waals surface area contributed by atoms with E-state index in [9.17, 15) is 9.18 Å². The van der Waals surface area contributed by atoms with Crippen molar-refractivity contribution in [1.29, 1.82) is 0 Å². The first kappa shape index (κ1) is 13.2. The molecule has 0 saturated heterocycles. The standard InChI is InChI=1S/C11H8FIN2O2S/c1-17-10(16)9-5-18-11(15-9)14-8-3-2-6(12)4-7(8)13/h2-5H,1H3,(H,14,15). The topological polar surface area (TPSA) is 51.2 Å². The molecule has 0 atom stereocenters. The highest BCUT2D eigenvalue weighted by molar-refractivity contribution is 14.1. The third-order valence-electron chi connectivity index (χ3n) is 2.07. The summed E-state index contributed by atoms with van der Waals surface area (Å²) in [6.07, 6.45) is 0. The molecule has 0 fully saturated rings. The molecule has 7 heteroatoms. The number of halogens is 2. The van der Waals surface area contributed by atoms with Crippen LogP contribution in [0.2, 0.25) is 0 Å². The lowest BCUT2D eigenvalue weighted by Gasteiger charge is -2.04. The molecule has 1 N–H and O–H groups in total. The zero-order valence-electron chi connectivity index (χ0n) is 9.24. The van der Waals surface area contributed by atoms with E-state index in [1.54, 1.807) is 11.4 Å². The maximum Gasteiger partial charge on any atom is 0.357 e. The first-order chi connectivity index (χ1) is 8.60. The van der Waals surface area contributed by atoms with Gasteiger partial charge in [-0.1, -0.05) is 0 Å². The number of benzene rings is 1. The number of rotatable bonds is 3. The number of aromatic nitrogens is 1. The third kappa shape index (κ3) is 2.96. The van der Waals surface area contributed by atoms with E-state index < -0.39 is 5.97 Å². The monoisotopic (exact) mass is 378 g/mol. The Morgan fingerprint density at radius 1 is 1.56 bits per heavy atom. The number of nitrogens with zero attached hydrogens (tertiary/aromatic N) is 1. The van der Waals surface area contributed by atoms with Gasteiger partial charge in [-0.3, -0.25) is 0 Å². The van der Waals surface area contributed by atoms with Gasteiger partial charge in [0.25, 0.3) is 0 Å². The average Bonchev–Trinajstić information content (AvgIpc) is 2.80. The van der Waals surface area contributed by atoms with Gasteiger partial charge in [-0.25, -0.2) is 14.2 Å². The van der Waals surface area contributed by atoms with Gasteiger partial charge in [0, 0.05) is 8.95 Å². The minimum atomic E-state index is -0.479. The fourth-order valence-electron chi connectivity index (χ4n) is 1.24. The van der Waals surface area contributed by atoms with E-state index in [0.29, 0.717) is 5.13 Å². The van der Waals surface area contributed by atoms with Gasteiger partial charge < -0.3 is 10.1 Å². The minimum Gasteiger partial charge on any atom is -0.464 e. The second kappa shape index (κ2) is 5.61. The van der Waals surface area contributed by atoms with Gasteiger partial charge in [-0.05, 0) is 40.8 Å². The molecule has 0 aliphatic heterocycles. The van der Waals surface area contributed by atoms with Gasteiger partial charge in [-0.2, -0.15) is 0 Å². The van der Waals surface area contributed by atoms with Crippen LogP contribution in [0.5, 0.6) is 0 Å². The number of methoxy groups -OCH3 is 1. The van der Waals surface area contributed by atoms with Crippen LogP contribution in [-0.2, 0) is 4.74 Å². The summed E-state index contributed by atoms with van der Waals surface area (Å²) in [5.41, 5.74) is 0.991. The van der Waals surface area contributed by atoms with Crippen LogP contribution in [-0.4, -0.2) is 18.1 Å². The Morgan fingerprint density at radius 3 is 3.00 bits per heavy atom. The molecule has 1 aromatic heterocycles. The van der Waals surface area contributed by atoms with E-state index in [0.717, 1.165) is 9.26 Å². The minimum absolute atomic E-state index is 0.252. The zero-order chi connectivity index (χ0) is 13.1. The number of thiazole rings is 1. The Bertz CT molecular complexity index is 588. The van der Waals surface area contributed by atoms with Crippen LogP contribution in [0.25, 0.3) is 0 Å². The number of anilines is 2. The molecule has 0 spiro atoms. The van der Waals surface area contributed by atoms with Gasteiger partial charge in [0.15, 0.2) is 10.8 Å². The van der Waals surface area contributed by atoms with Crippen LogP contribution in [0.4, 0.5) is 15.2 Å². The summed E-state index contributed by atoms with van der Waals surface area (Å²) in [5, 5.41) is 5.18. The molecule has 0 aliphatic carbocycles. The van der Waals surface area contributed by atoms with E-state index in [1.165, 1.54) is 30.6 Å². The number of ether oxygens (including phenoxy) is 1. The molecule has 0 amide bonds. The van der Waals surface area contributed by atoms with Gasteiger partial charge in [0.2, 0.25) is 0 Å². The Balaban J connectivity index is 2.18. The summed E-state index contributed by atoms with van der Waals surface area (Å²) in [6, 6.07) is 4.40. The van der Waals surface area contributed by atoms with E-state index in [4.69, 9.17) is 0 Å². The zero-order valence-corrected chi connectivity index (χ0v) is 12.2. The predicted octanol–water partition coefficient (Wildman–Crippen LogP) is 3.42. The summed E-state index contributed by atoms with van der Waals surface area (Å²) in [5.74, 6) is -0.771. The van der Waals surface area contributed by atoms with E-state index in [2.05, 4.69) is 15.0 Å². The molecule has 0 radical (unpaired) electrons. The van der Waals surface area contributed by atoms with Crippen molar-refractivity contribution < 1.29 is 13.9 Å². The van der Waals surface area contributed by atoms with Crippen LogP contribution < -0.4 is 5.32 Å². The average molecular weight is 378 g/mol. The predicted molar refractivity (Wildman–Crippen MR) is 75.9 cm³/mol. The third-order valence-corrected chi connectivity index (χ3v) is 3.72. The maximum absolute atomic E-state index is 12.9. The lowest BCUT2D eigenvalue weighted by molar-refractivity contribution is 0.0595. The Morgan fingerprint density at radius 2 is 2.33 bits per heavy atom. The molecule has 0 unspecified atom stereocenters. The summed E-state index contributed by atoms with van der Waals surface area (Å²) < 4.78 is 18.2. The van der Waals surface area contributed by atoms with Crippen LogP contribution >= 0.6 is 33.9 Å². The van der Waals surface area contributed by atoms with Crippen molar-refractivity contribution in [2.45, 2.75) is 0 Å². The van der Waals surface area contributed by atoms with Crippen LogP contribution in [0.1, 0.15) is 10.5 Å². The quantitative estimate of drug-likeness (QED) is 0.657. The van der Waals surface area contributed by atoms with Gasteiger partial charge >= 0.3 is 5.97 Å². The smallest absolute Gasteiger partial charge is 0.357 e. The number of carbonyl (C=O) groups is 1. The molecular weight excluding hydrogens is 370 g/mol. The Kier molecular flexibility index (Phi) is 4.12. The molecule has 1 aromatic carbocycles. The molecular formula is C11H8FIN2O2S. The lowest BCUT2D eigenvalue weighted by Crippen LogP contribution is -2.01.